The van der Waals surface area contributed by atoms with E-state index in [2.05, 4.69) is 4.98 Å². The monoisotopic (exact) mass is 262 g/mol. The topological polar surface area (TPSA) is 51.4 Å². The van der Waals surface area contributed by atoms with Gasteiger partial charge in [-0.3, -0.25) is 14.0 Å². The summed E-state index contributed by atoms with van der Waals surface area (Å²) in [6.45, 7) is 1.94. The van der Waals surface area contributed by atoms with Crippen molar-refractivity contribution in [2.45, 2.75) is 6.92 Å². The SMILES string of the molecule is Cc1ccc2nc3c(n2c1)C(=O)C(=O)c1ccccc1-3. The fraction of sp³-hybridized carbons (Fsp3) is 0.0625. The molecule has 4 heteroatoms. The van der Waals surface area contributed by atoms with Crippen LogP contribution in [0.2, 0.25) is 0 Å². The van der Waals surface area contributed by atoms with Gasteiger partial charge in [-0.2, -0.15) is 0 Å². The minimum atomic E-state index is -0.489. The Morgan fingerprint density at radius 2 is 1.70 bits per heavy atom. The number of imidazole rings is 1. The van der Waals surface area contributed by atoms with Crippen molar-refractivity contribution < 1.29 is 9.59 Å². The Hall–Kier alpha value is -2.75. The molecule has 0 saturated carbocycles. The van der Waals surface area contributed by atoms with Crippen molar-refractivity contribution >= 4 is 17.2 Å². The van der Waals surface area contributed by atoms with Crippen molar-refractivity contribution in [1.82, 2.24) is 9.38 Å². The average molecular weight is 262 g/mol. The largest absolute Gasteiger partial charge is 0.296 e. The molecule has 0 fully saturated rings. The second kappa shape index (κ2) is 3.63. The maximum absolute atomic E-state index is 12.4. The summed E-state index contributed by atoms with van der Waals surface area (Å²) >= 11 is 0. The molecule has 0 spiro atoms. The van der Waals surface area contributed by atoms with Gasteiger partial charge < -0.3 is 0 Å². The molecule has 0 bridgehead atoms. The Balaban J connectivity index is 2.18. The summed E-state index contributed by atoms with van der Waals surface area (Å²) in [5, 5.41) is 0. The fourth-order valence-electron chi connectivity index (χ4n) is 2.67. The van der Waals surface area contributed by atoms with Crippen molar-refractivity contribution in [2.24, 2.45) is 0 Å². The molecule has 0 radical (unpaired) electrons. The third kappa shape index (κ3) is 1.28. The van der Waals surface area contributed by atoms with Crippen molar-refractivity contribution in [3.05, 3.63) is 59.4 Å². The molecule has 0 unspecified atom stereocenters. The van der Waals surface area contributed by atoms with Crippen LogP contribution in [0, 0.1) is 6.92 Å². The van der Waals surface area contributed by atoms with Gasteiger partial charge in [0, 0.05) is 17.3 Å². The molecule has 0 amide bonds. The number of fused-ring (bicyclic) bond motifs is 5. The highest BCUT2D eigenvalue weighted by Crippen LogP contribution is 2.33. The molecule has 4 nitrogen and oxygen atoms in total. The summed E-state index contributed by atoms with van der Waals surface area (Å²) in [7, 11) is 0. The van der Waals surface area contributed by atoms with Crippen LogP contribution in [0.4, 0.5) is 0 Å². The van der Waals surface area contributed by atoms with Gasteiger partial charge in [-0.25, -0.2) is 4.98 Å². The average Bonchev–Trinajstić information content (AvgIpc) is 2.83. The molecule has 0 N–H and O–H groups in total. The summed E-state index contributed by atoms with van der Waals surface area (Å²) in [6.07, 6.45) is 1.83. The first-order chi connectivity index (χ1) is 9.66. The minimum absolute atomic E-state index is 0.368. The van der Waals surface area contributed by atoms with Crippen LogP contribution >= 0.6 is 0 Å². The number of carbonyl (C=O) groups is 2. The predicted molar refractivity (Wildman–Crippen MR) is 74.0 cm³/mol. The Morgan fingerprint density at radius 3 is 2.50 bits per heavy atom. The molecule has 4 rings (SSSR count). The molecular formula is C16H10N2O2. The maximum Gasteiger partial charge on any atom is 0.252 e. The molecule has 1 aromatic carbocycles. The minimum Gasteiger partial charge on any atom is -0.296 e. The lowest BCUT2D eigenvalue weighted by Crippen LogP contribution is -2.22. The third-order valence-corrected chi connectivity index (χ3v) is 3.61. The number of nitrogens with zero attached hydrogens (tertiary/aromatic N) is 2. The van der Waals surface area contributed by atoms with E-state index in [1.54, 1.807) is 16.5 Å². The Morgan fingerprint density at radius 1 is 0.950 bits per heavy atom. The van der Waals surface area contributed by atoms with Crippen LogP contribution in [0.25, 0.3) is 16.9 Å². The van der Waals surface area contributed by atoms with Crippen LogP contribution in [0.1, 0.15) is 26.4 Å². The number of aryl methyl sites for hydroxylation is 1. The van der Waals surface area contributed by atoms with Crippen LogP contribution in [-0.4, -0.2) is 21.0 Å². The van der Waals surface area contributed by atoms with Crippen LogP contribution in [0.5, 0.6) is 0 Å². The van der Waals surface area contributed by atoms with E-state index in [1.807, 2.05) is 37.4 Å². The number of ketones is 2. The van der Waals surface area contributed by atoms with Crippen molar-refractivity contribution in [1.29, 1.82) is 0 Å². The van der Waals surface area contributed by atoms with Gasteiger partial charge in [0.05, 0.1) is 0 Å². The summed E-state index contributed by atoms with van der Waals surface area (Å²) in [4.78, 5) is 29.1. The van der Waals surface area contributed by atoms with Gasteiger partial charge in [-0.1, -0.05) is 30.3 Å². The zero-order valence-corrected chi connectivity index (χ0v) is 10.8. The molecule has 20 heavy (non-hydrogen) atoms. The van der Waals surface area contributed by atoms with E-state index in [9.17, 15) is 9.59 Å². The summed E-state index contributed by atoms with van der Waals surface area (Å²) < 4.78 is 1.71. The van der Waals surface area contributed by atoms with Crippen LogP contribution in [-0.2, 0) is 0 Å². The number of carbonyl (C=O) groups excluding carboxylic acids is 2. The molecule has 2 aromatic heterocycles. The molecule has 0 aliphatic heterocycles. The second-order valence-corrected chi connectivity index (χ2v) is 4.95. The van der Waals surface area contributed by atoms with E-state index in [0.29, 0.717) is 22.6 Å². The Labute approximate surface area is 114 Å². The standard InChI is InChI=1S/C16H10N2O2/c1-9-6-7-12-17-13-10-4-2-3-5-11(10)15(19)16(20)14(13)18(12)8-9/h2-8H,1H3. The zero-order chi connectivity index (χ0) is 13.9. The summed E-state index contributed by atoms with van der Waals surface area (Å²) in [5.41, 5.74) is 3.82. The van der Waals surface area contributed by atoms with Crippen LogP contribution in [0.3, 0.4) is 0 Å². The summed E-state index contributed by atoms with van der Waals surface area (Å²) in [6, 6.07) is 10.9. The number of aromatic nitrogens is 2. The first kappa shape index (κ1) is 11.1. The van der Waals surface area contributed by atoms with E-state index >= 15 is 0 Å². The molecule has 2 heterocycles. The quantitative estimate of drug-likeness (QED) is 0.585. The molecule has 3 aromatic rings. The van der Waals surface area contributed by atoms with E-state index in [0.717, 1.165) is 11.1 Å². The van der Waals surface area contributed by atoms with Crippen molar-refractivity contribution in [3.8, 4) is 11.3 Å². The molecule has 96 valence electrons. The third-order valence-electron chi connectivity index (χ3n) is 3.61. The molecule has 1 aliphatic carbocycles. The number of hydrogen-bond acceptors (Lipinski definition) is 3. The van der Waals surface area contributed by atoms with Crippen molar-refractivity contribution in [3.63, 3.8) is 0 Å². The molecule has 1 aliphatic rings. The number of Topliss-reactive ketones (excluding diaryl/α,β-unsaturated/α-hetero) is 2. The van der Waals surface area contributed by atoms with E-state index in [-0.39, 0.29) is 0 Å². The lowest BCUT2D eigenvalue weighted by molar-refractivity contribution is 0.0812. The predicted octanol–water partition coefficient (Wildman–Crippen LogP) is 2.69. The lowest BCUT2D eigenvalue weighted by atomic mass is 9.90. The second-order valence-electron chi connectivity index (χ2n) is 4.95. The molecular weight excluding hydrogens is 252 g/mol. The summed E-state index contributed by atoms with van der Waals surface area (Å²) in [5.74, 6) is -0.951. The Kier molecular flexibility index (Phi) is 2.02. The highest BCUT2D eigenvalue weighted by Gasteiger charge is 2.34. The van der Waals surface area contributed by atoms with Gasteiger partial charge in [0.2, 0.25) is 5.78 Å². The lowest BCUT2D eigenvalue weighted by Gasteiger charge is -2.13. The van der Waals surface area contributed by atoms with Crippen LogP contribution < -0.4 is 0 Å². The van der Waals surface area contributed by atoms with Gasteiger partial charge in [-0.05, 0) is 18.6 Å². The van der Waals surface area contributed by atoms with Crippen molar-refractivity contribution in [2.75, 3.05) is 0 Å². The smallest absolute Gasteiger partial charge is 0.252 e. The number of hydrogen-bond donors (Lipinski definition) is 0. The Bertz CT molecular complexity index is 906. The van der Waals surface area contributed by atoms with Gasteiger partial charge in [0.1, 0.15) is 17.0 Å². The molecule has 0 atom stereocenters. The van der Waals surface area contributed by atoms with Gasteiger partial charge in [0.25, 0.3) is 5.78 Å². The first-order valence-electron chi connectivity index (χ1n) is 6.34. The van der Waals surface area contributed by atoms with E-state index in [1.165, 1.54) is 0 Å². The number of rotatable bonds is 0. The normalized spacial score (nSPS) is 13.4. The maximum atomic E-state index is 12.4. The highest BCUT2D eigenvalue weighted by molar-refractivity contribution is 6.52. The number of benzene rings is 1. The molecule has 0 saturated heterocycles. The van der Waals surface area contributed by atoms with E-state index < -0.39 is 11.6 Å². The van der Waals surface area contributed by atoms with Gasteiger partial charge in [-0.15, -0.1) is 0 Å². The van der Waals surface area contributed by atoms with Gasteiger partial charge >= 0.3 is 0 Å². The van der Waals surface area contributed by atoms with E-state index in [4.69, 9.17) is 0 Å². The fourth-order valence-corrected chi connectivity index (χ4v) is 2.67. The van der Waals surface area contributed by atoms with Gasteiger partial charge in [0.15, 0.2) is 0 Å². The number of pyridine rings is 1. The zero-order valence-electron chi connectivity index (χ0n) is 10.8. The highest BCUT2D eigenvalue weighted by atomic mass is 16.2. The first-order valence-corrected chi connectivity index (χ1v) is 6.34. The van der Waals surface area contributed by atoms with Crippen LogP contribution in [0.15, 0.2) is 42.6 Å².